The first-order valence-electron chi connectivity index (χ1n) is 11.2. The predicted molar refractivity (Wildman–Crippen MR) is 130 cm³/mol. The Bertz CT molecular complexity index is 965. The Balaban J connectivity index is 1.91. The van der Waals surface area contributed by atoms with Crippen LogP contribution in [-0.4, -0.2) is 52.8 Å². The lowest BCUT2D eigenvalue weighted by Gasteiger charge is -2.47. The number of piperazine rings is 1. The number of benzene rings is 2. The number of carbonyl (C=O) groups is 2. The van der Waals surface area contributed by atoms with Gasteiger partial charge in [0.15, 0.2) is 0 Å². The molecule has 1 fully saturated rings. The number of amides is 2. The highest BCUT2D eigenvalue weighted by Crippen LogP contribution is 2.34. The molecule has 2 aromatic carbocycles. The van der Waals surface area contributed by atoms with E-state index in [2.05, 4.69) is 21.2 Å². The van der Waals surface area contributed by atoms with Gasteiger partial charge in [0.1, 0.15) is 6.10 Å². The first-order valence-corrected chi connectivity index (χ1v) is 12.0. The van der Waals surface area contributed by atoms with Crippen molar-refractivity contribution in [2.75, 3.05) is 19.6 Å². The van der Waals surface area contributed by atoms with Crippen LogP contribution in [0.4, 0.5) is 0 Å². The zero-order valence-electron chi connectivity index (χ0n) is 19.2. The van der Waals surface area contributed by atoms with Crippen molar-refractivity contribution in [2.24, 2.45) is 11.8 Å². The zero-order chi connectivity index (χ0) is 24.2. The minimum Gasteiger partial charge on any atom is -0.382 e. The number of rotatable bonds is 7. The van der Waals surface area contributed by atoms with E-state index >= 15 is 0 Å². The summed E-state index contributed by atoms with van der Waals surface area (Å²) in [6, 6.07) is 16.2. The van der Waals surface area contributed by atoms with Gasteiger partial charge in [0.05, 0.1) is 11.5 Å². The molecule has 1 heterocycles. The topological polar surface area (TPSA) is 102 Å². The molecule has 0 aromatic heterocycles. The third kappa shape index (κ3) is 5.63. The SMILES string of the molecule is CC(C)C[C@H](C(=O)N1CCNC[C@@]1(C)c1ccc(-c2ccc(Br)cc2)cc1)[C@H](O)C(=O)NO. The van der Waals surface area contributed by atoms with Crippen LogP contribution in [0.1, 0.15) is 32.8 Å². The van der Waals surface area contributed by atoms with Crippen LogP contribution in [0.25, 0.3) is 11.1 Å². The molecule has 33 heavy (non-hydrogen) atoms. The van der Waals surface area contributed by atoms with Crippen LogP contribution in [0.5, 0.6) is 0 Å². The molecular weight excluding hydrogens is 486 g/mol. The van der Waals surface area contributed by atoms with E-state index in [0.29, 0.717) is 26.1 Å². The van der Waals surface area contributed by atoms with Crippen molar-refractivity contribution in [3.8, 4) is 11.1 Å². The van der Waals surface area contributed by atoms with Crippen molar-refractivity contribution in [2.45, 2.75) is 38.8 Å². The van der Waals surface area contributed by atoms with Gasteiger partial charge >= 0.3 is 0 Å². The van der Waals surface area contributed by atoms with Crippen molar-refractivity contribution >= 4 is 27.7 Å². The van der Waals surface area contributed by atoms with E-state index in [4.69, 9.17) is 5.21 Å². The molecule has 178 valence electrons. The third-order valence-corrected chi connectivity index (χ3v) is 6.86. The predicted octanol–water partition coefficient (Wildman–Crippen LogP) is 3.29. The molecule has 0 saturated carbocycles. The minimum atomic E-state index is -1.62. The second-order valence-corrected chi connectivity index (χ2v) is 10.1. The summed E-state index contributed by atoms with van der Waals surface area (Å²) >= 11 is 3.46. The van der Waals surface area contributed by atoms with Gasteiger partial charge in [-0.15, -0.1) is 0 Å². The third-order valence-electron chi connectivity index (χ3n) is 6.33. The second-order valence-electron chi connectivity index (χ2n) is 9.18. The molecule has 0 bridgehead atoms. The van der Waals surface area contributed by atoms with Gasteiger partial charge in [-0.1, -0.05) is 66.2 Å². The molecule has 3 atom stereocenters. The highest BCUT2D eigenvalue weighted by Gasteiger charge is 2.44. The summed E-state index contributed by atoms with van der Waals surface area (Å²) in [7, 11) is 0. The maximum atomic E-state index is 13.7. The van der Waals surface area contributed by atoms with Gasteiger partial charge in [-0.25, -0.2) is 5.48 Å². The molecule has 4 N–H and O–H groups in total. The molecule has 1 aliphatic heterocycles. The lowest BCUT2D eigenvalue weighted by Crippen LogP contribution is -2.62. The number of carbonyl (C=O) groups excluding carboxylic acids is 2. The van der Waals surface area contributed by atoms with E-state index < -0.39 is 23.5 Å². The monoisotopic (exact) mass is 517 g/mol. The van der Waals surface area contributed by atoms with Crippen molar-refractivity contribution < 1.29 is 19.9 Å². The Labute approximate surface area is 203 Å². The Morgan fingerprint density at radius 1 is 1.12 bits per heavy atom. The molecule has 0 spiro atoms. The molecule has 2 amide bonds. The van der Waals surface area contributed by atoms with Crippen molar-refractivity contribution in [1.29, 1.82) is 0 Å². The van der Waals surface area contributed by atoms with Crippen molar-refractivity contribution in [3.05, 3.63) is 58.6 Å². The second kappa shape index (κ2) is 10.8. The van der Waals surface area contributed by atoms with Gasteiger partial charge in [-0.05, 0) is 48.1 Å². The van der Waals surface area contributed by atoms with Crippen LogP contribution in [-0.2, 0) is 15.1 Å². The van der Waals surface area contributed by atoms with E-state index in [9.17, 15) is 14.7 Å². The minimum absolute atomic E-state index is 0.0828. The maximum absolute atomic E-state index is 13.7. The molecule has 2 aromatic rings. The van der Waals surface area contributed by atoms with Crippen molar-refractivity contribution in [1.82, 2.24) is 15.7 Å². The van der Waals surface area contributed by atoms with Gasteiger partial charge < -0.3 is 15.3 Å². The number of halogens is 1. The molecule has 0 aliphatic carbocycles. The first-order chi connectivity index (χ1) is 15.7. The normalized spacial score (nSPS) is 20.4. The Kier molecular flexibility index (Phi) is 8.28. The van der Waals surface area contributed by atoms with Crippen LogP contribution in [0.2, 0.25) is 0 Å². The lowest BCUT2D eigenvalue weighted by molar-refractivity contribution is -0.155. The fourth-order valence-corrected chi connectivity index (χ4v) is 4.73. The molecule has 7 nitrogen and oxygen atoms in total. The van der Waals surface area contributed by atoms with E-state index in [1.807, 2.05) is 69.3 Å². The maximum Gasteiger partial charge on any atom is 0.272 e. The zero-order valence-corrected chi connectivity index (χ0v) is 20.8. The molecule has 1 aliphatic rings. The number of aliphatic hydroxyl groups excluding tert-OH is 1. The van der Waals surface area contributed by atoms with Crippen LogP contribution < -0.4 is 10.8 Å². The quantitative estimate of drug-likeness (QED) is 0.333. The number of nitrogens with one attached hydrogen (secondary N) is 2. The Morgan fingerprint density at radius 3 is 2.24 bits per heavy atom. The summed E-state index contributed by atoms with van der Waals surface area (Å²) in [5.74, 6) is -2.12. The average molecular weight is 518 g/mol. The number of nitrogens with zero attached hydrogens (tertiary/aromatic N) is 1. The van der Waals surface area contributed by atoms with Crippen LogP contribution in [0.15, 0.2) is 53.0 Å². The summed E-state index contributed by atoms with van der Waals surface area (Å²) in [6.45, 7) is 7.48. The Hall–Kier alpha value is -2.26. The summed E-state index contributed by atoms with van der Waals surface area (Å²) in [6.07, 6.45) is -1.29. The van der Waals surface area contributed by atoms with E-state index in [1.54, 1.807) is 4.90 Å². The van der Waals surface area contributed by atoms with Gasteiger partial charge in [-0.2, -0.15) is 0 Å². The summed E-state index contributed by atoms with van der Waals surface area (Å²) in [5.41, 5.74) is 3.96. The molecular formula is C25H32BrN3O4. The standard InChI is InChI=1S/C25H32BrN3O4/c1-16(2)14-21(22(30)23(31)28-33)24(32)29-13-12-27-15-25(29,3)19-8-4-17(5-9-19)18-6-10-20(26)11-7-18/h4-11,16,21-22,27,30,33H,12-15H2,1-3H3,(H,28,31)/t21-,22-,25-/m0/s1. The molecule has 1 saturated heterocycles. The smallest absolute Gasteiger partial charge is 0.272 e. The number of aliphatic hydroxyl groups is 1. The van der Waals surface area contributed by atoms with Gasteiger partial charge in [0.25, 0.3) is 5.91 Å². The van der Waals surface area contributed by atoms with Crippen LogP contribution in [0.3, 0.4) is 0 Å². The molecule has 0 unspecified atom stereocenters. The van der Waals surface area contributed by atoms with Gasteiger partial charge in [-0.3, -0.25) is 14.8 Å². The van der Waals surface area contributed by atoms with Crippen LogP contribution in [0, 0.1) is 11.8 Å². The largest absolute Gasteiger partial charge is 0.382 e. The van der Waals surface area contributed by atoms with Gasteiger partial charge in [0, 0.05) is 24.1 Å². The first kappa shape index (κ1) is 25.4. The van der Waals surface area contributed by atoms with Gasteiger partial charge in [0.2, 0.25) is 5.91 Å². The fourth-order valence-electron chi connectivity index (χ4n) is 4.46. The lowest BCUT2D eigenvalue weighted by atomic mass is 9.83. The highest BCUT2D eigenvalue weighted by molar-refractivity contribution is 9.10. The highest BCUT2D eigenvalue weighted by atomic mass is 79.9. The molecule has 3 rings (SSSR count). The van der Waals surface area contributed by atoms with E-state index in [1.165, 1.54) is 5.48 Å². The molecule has 0 radical (unpaired) electrons. The van der Waals surface area contributed by atoms with E-state index in [-0.39, 0.29) is 11.8 Å². The number of hydrogen-bond acceptors (Lipinski definition) is 5. The number of hydrogen-bond donors (Lipinski definition) is 4. The Morgan fingerprint density at radius 2 is 1.70 bits per heavy atom. The summed E-state index contributed by atoms with van der Waals surface area (Å²) < 4.78 is 1.02. The van der Waals surface area contributed by atoms with Crippen LogP contribution >= 0.6 is 15.9 Å². The van der Waals surface area contributed by atoms with E-state index in [0.717, 1.165) is 21.2 Å². The summed E-state index contributed by atoms with van der Waals surface area (Å²) in [5, 5.41) is 22.9. The average Bonchev–Trinajstić information content (AvgIpc) is 2.82. The molecule has 8 heteroatoms. The van der Waals surface area contributed by atoms with Crippen molar-refractivity contribution in [3.63, 3.8) is 0 Å². The number of hydroxylamine groups is 1. The summed E-state index contributed by atoms with van der Waals surface area (Å²) in [4.78, 5) is 27.4. The fraction of sp³-hybridized carbons (Fsp3) is 0.440.